The van der Waals surface area contributed by atoms with Crippen molar-refractivity contribution in [3.8, 4) is 0 Å². The summed E-state index contributed by atoms with van der Waals surface area (Å²) >= 11 is 1.45. The Morgan fingerprint density at radius 1 is 1.57 bits per heavy atom. The predicted molar refractivity (Wildman–Crippen MR) is 86.9 cm³/mol. The van der Waals surface area contributed by atoms with Gasteiger partial charge in [0, 0.05) is 23.9 Å². The summed E-state index contributed by atoms with van der Waals surface area (Å²) in [7, 11) is 0. The van der Waals surface area contributed by atoms with Crippen LogP contribution in [0.3, 0.4) is 0 Å². The van der Waals surface area contributed by atoms with Crippen molar-refractivity contribution in [1.29, 1.82) is 0 Å². The van der Waals surface area contributed by atoms with E-state index >= 15 is 0 Å². The summed E-state index contributed by atoms with van der Waals surface area (Å²) in [6.45, 7) is 6.84. The third-order valence-corrected chi connectivity index (χ3v) is 5.15. The third kappa shape index (κ3) is 3.79. The molecule has 2 aromatic rings. The Bertz CT molecular complexity index is 680. The molecule has 1 saturated heterocycles. The van der Waals surface area contributed by atoms with E-state index in [-0.39, 0.29) is 5.69 Å². The molecule has 2 aromatic heterocycles. The van der Waals surface area contributed by atoms with Crippen LogP contribution >= 0.6 is 11.3 Å². The van der Waals surface area contributed by atoms with E-state index in [1.165, 1.54) is 11.3 Å². The van der Waals surface area contributed by atoms with Crippen LogP contribution in [-0.4, -0.2) is 39.2 Å². The molecule has 1 N–H and O–H groups in total. The Balaban J connectivity index is 1.64. The number of aromatic nitrogens is 2. The lowest BCUT2D eigenvalue weighted by Crippen LogP contribution is -2.33. The number of hydrogen-bond acceptors (Lipinski definition) is 6. The van der Waals surface area contributed by atoms with Gasteiger partial charge >= 0.3 is 5.97 Å². The van der Waals surface area contributed by atoms with Crippen LogP contribution in [0.5, 0.6) is 0 Å². The second-order valence-corrected chi connectivity index (χ2v) is 7.21. The van der Waals surface area contributed by atoms with Crippen molar-refractivity contribution in [3.05, 3.63) is 33.6 Å². The molecular weight excluding hydrogens is 314 g/mol. The molecule has 0 amide bonds. The zero-order valence-electron chi connectivity index (χ0n) is 13.4. The first-order chi connectivity index (χ1) is 11.0. The maximum Gasteiger partial charge on any atom is 0.355 e. The molecule has 0 bridgehead atoms. The molecule has 1 aliphatic rings. The van der Waals surface area contributed by atoms with Gasteiger partial charge in [0.05, 0.1) is 17.2 Å². The van der Waals surface area contributed by atoms with Gasteiger partial charge in [-0.3, -0.25) is 4.90 Å². The van der Waals surface area contributed by atoms with Gasteiger partial charge in [-0.2, -0.15) is 0 Å². The molecule has 1 atom stereocenters. The molecule has 23 heavy (non-hydrogen) atoms. The van der Waals surface area contributed by atoms with Gasteiger partial charge in [0.15, 0.2) is 11.5 Å². The SMILES string of the molecule is CC(C)c1cc(CN2CCCC(c3nc(C(=O)O)cs3)C2)on1. The molecule has 1 aliphatic heterocycles. The molecule has 0 spiro atoms. The number of thiazole rings is 1. The molecule has 0 aliphatic carbocycles. The van der Waals surface area contributed by atoms with E-state index in [1.54, 1.807) is 5.38 Å². The van der Waals surface area contributed by atoms with Gasteiger partial charge < -0.3 is 9.63 Å². The highest BCUT2D eigenvalue weighted by molar-refractivity contribution is 7.09. The molecule has 3 rings (SSSR count). The molecule has 0 saturated carbocycles. The lowest BCUT2D eigenvalue weighted by molar-refractivity contribution is 0.0691. The number of carboxylic acids is 1. The summed E-state index contributed by atoms with van der Waals surface area (Å²) in [5.74, 6) is 0.600. The molecule has 1 fully saturated rings. The normalized spacial score (nSPS) is 19.3. The second-order valence-electron chi connectivity index (χ2n) is 6.32. The van der Waals surface area contributed by atoms with Crippen molar-refractivity contribution < 1.29 is 14.4 Å². The molecule has 124 valence electrons. The first-order valence-corrected chi connectivity index (χ1v) is 8.77. The van der Waals surface area contributed by atoms with Crippen molar-refractivity contribution in [2.75, 3.05) is 13.1 Å². The van der Waals surface area contributed by atoms with Crippen LogP contribution in [0.2, 0.25) is 0 Å². The topological polar surface area (TPSA) is 79.5 Å². The lowest BCUT2D eigenvalue weighted by Gasteiger charge is -2.30. The summed E-state index contributed by atoms with van der Waals surface area (Å²) in [5, 5.41) is 15.7. The number of carboxylic acid groups (broad SMARTS) is 1. The van der Waals surface area contributed by atoms with E-state index in [4.69, 9.17) is 9.63 Å². The minimum absolute atomic E-state index is 0.152. The van der Waals surface area contributed by atoms with Crippen LogP contribution in [0, 0.1) is 0 Å². The molecule has 7 heteroatoms. The quantitative estimate of drug-likeness (QED) is 0.903. The van der Waals surface area contributed by atoms with E-state index in [2.05, 4.69) is 28.9 Å². The minimum Gasteiger partial charge on any atom is -0.476 e. The summed E-state index contributed by atoms with van der Waals surface area (Å²) in [6.07, 6.45) is 2.13. The van der Waals surface area contributed by atoms with Crippen molar-refractivity contribution in [2.24, 2.45) is 0 Å². The van der Waals surface area contributed by atoms with Gasteiger partial charge in [-0.1, -0.05) is 19.0 Å². The van der Waals surface area contributed by atoms with Crippen LogP contribution < -0.4 is 0 Å². The van der Waals surface area contributed by atoms with Crippen molar-refractivity contribution in [2.45, 2.75) is 45.1 Å². The fraction of sp³-hybridized carbons (Fsp3) is 0.562. The largest absolute Gasteiger partial charge is 0.476 e. The molecule has 6 nitrogen and oxygen atoms in total. The number of rotatable bonds is 5. The average molecular weight is 335 g/mol. The summed E-state index contributed by atoms with van der Waals surface area (Å²) < 4.78 is 5.42. The molecule has 1 unspecified atom stereocenters. The van der Waals surface area contributed by atoms with E-state index in [0.29, 0.717) is 11.8 Å². The van der Waals surface area contributed by atoms with Gasteiger partial charge in [0.2, 0.25) is 0 Å². The third-order valence-electron chi connectivity index (χ3n) is 4.14. The molecule has 0 aromatic carbocycles. The van der Waals surface area contributed by atoms with Crippen molar-refractivity contribution in [1.82, 2.24) is 15.0 Å². The van der Waals surface area contributed by atoms with Crippen LogP contribution in [0.1, 0.15) is 65.5 Å². The van der Waals surface area contributed by atoms with Crippen molar-refractivity contribution in [3.63, 3.8) is 0 Å². The highest BCUT2D eigenvalue weighted by atomic mass is 32.1. The first-order valence-electron chi connectivity index (χ1n) is 7.89. The van der Waals surface area contributed by atoms with E-state index in [9.17, 15) is 4.79 Å². The number of nitrogens with zero attached hydrogens (tertiary/aromatic N) is 3. The molecular formula is C16H21N3O3S. The van der Waals surface area contributed by atoms with E-state index in [1.807, 2.05) is 6.07 Å². The zero-order chi connectivity index (χ0) is 16.4. The van der Waals surface area contributed by atoms with Crippen molar-refractivity contribution >= 4 is 17.3 Å². The smallest absolute Gasteiger partial charge is 0.355 e. The van der Waals surface area contributed by atoms with Crippen LogP contribution in [0.4, 0.5) is 0 Å². The minimum atomic E-state index is -0.956. The van der Waals surface area contributed by atoms with Crippen LogP contribution in [0.25, 0.3) is 0 Å². The number of piperidine rings is 1. The van der Waals surface area contributed by atoms with Gasteiger partial charge in [0.1, 0.15) is 0 Å². The standard InChI is InChI=1S/C16H21N3O3S/c1-10(2)13-6-12(22-18-13)8-19-5-3-4-11(7-19)15-17-14(9-23-15)16(20)21/h6,9-11H,3-5,7-8H2,1-2H3,(H,20,21). The van der Waals surface area contributed by atoms with E-state index < -0.39 is 5.97 Å². The van der Waals surface area contributed by atoms with E-state index in [0.717, 1.165) is 48.9 Å². The number of aromatic carboxylic acids is 1. The lowest BCUT2D eigenvalue weighted by atomic mass is 9.98. The average Bonchev–Trinajstić information content (AvgIpc) is 3.16. The van der Waals surface area contributed by atoms with Crippen LogP contribution in [-0.2, 0) is 6.54 Å². The summed E-state index contributed by atoms with van der Waals surface area (Å²) in [5.41, 5.74) is 1.14. The molecule has 3 heterocycles. The fourth-order valence-corrected chi connectivity index (χ4v) is 3.79. The Kier molecular flexibility index (Phi) is 4.77. The summed E-state index contributed by atoms with van der Waals surface area (Å²) in [4.78, 5) is 17.6. The maximum absolute atomic E-state index is 11.0. The van der Waals surface area contributed by atoms with Gasteiger partial charge in [0.25, 0.3) is 0 Å². The molecule has 0 radical (unpaired) electrons. The number of likely N-dealkylation sites (tertiary alicyclic amines) is 1. The zero-order valence-corrected chi connectivity index (χ0v) is 14.2. The van der Waals surface area contributed by atoms with Crippen LogP contribution in [0.15, 0.2) is 16.0 Å². The Labute approximate surface area is 139 Å². The number of carbonyl (C=O) groups is 1. The Hall–Kier alpha value is -1.73. The highest BCUT2D eigenvalue weighted by Gasteiger charge is 2.25. The number of hydrogen-bond donors (Lipinski definition) is 1. The summed E-state index contributed by atoms with van der Waals surface area (Å²) in [6, 6.07) is 2.03. The monoisotopic (exact) mass is 335 g/mol. The Morgan fingerprint density at radius 3 is 3.04 bits per heavy atom. The van der Waals surface area contributed by atoms with Gasteiger partial charge in [-0.05, 0) is 25.3 Å². The van der Waals surface area contributed by atoms with Gasteiger partial charge in [-0.25, -0.2) is 9.78 Å². The second kappa shape index (κ2) is 6.80. The van der Waals surface area contributed by atoms with Gasteiger partial charge in [-0.15, -0.1) is 11.3 Å². The Morgan fingerprint density at radius 2 is 2.39 bits per heavy atom. The first kappa shape index (κ1) is 16.1. The predicted octanol–water partition coefficient (Wildman–Crippen LogP) is 3.33. The highest BCUT2D eigenvalue weighted by Crippen LogP contribution is 2.30. The maximum atomic E-state index is 11.0. The fourth-order valence-electron chi connectivity index (χ4n) is 2.87.